The molecule has 0 amide bonds. The maximum absolute atomic E-state index is 12.4. The first-order valence-corrected chi connectivity index (χ1v) is 11.1. The minimum Gasteiger partial charge on any atom is -0.303 e. The Bertz CT molecular complexity index is 397. The van der Waals surface area contributed by atoms with Gasteiger partial charge in [0.25, 0.3) is 7.66 Å². The van der Waals surface area contributed by atoms with Gasteiger partial charge in [-0.2, -0.15) is 26.3 Å². The van der Waals surface area contributed by atoms with Gasteiger partial charge in [0.05, 0.1) is 0 Å². The summed E-state index contributed by atoms with van der Waals surface area (Å²) >= 11 is 0. The van der Waals surface area contributed by atoms with Gasteiger partial charge in [0.15, 0.2) is 21.4 Å². The number of nitrogens with one attached hydrogen (secondary N) is 1. The van der Waals surface area contributed by atoms with Crippen molar-refractivity contribution < 1.29 is 35.4 Å². The molecule has 0 spiro atoms. The Morgan fingerprint density at radius 2 is 1.45 bits per heavy atom. The van der Waals surface area contributed by atoms with Crippen molar-refractivity contribution in [3.05, 3.63) is 12.7 Å². The normalized spacial score (nSPS) is 14.0. The quantitative estimate of drug-likeness (QED) is 0.291. The Labute approximate surface area is 126 Å². The number of nitrogens with zero attached hydrogens (tertiary/aromatic N) is 1. The highest BCUT2D eigenvalue weighted by molar-refractivity contribution is 7.55. The molecule has 0 fully saturated rings. The third-order valence-electron chi connectivity index (χ3n) is 1.67. The maximum atomic E-state index is 12.4. The highest BCUT2D eigenvalue weighted by atomic mass is 31.2. The van der Waals surface area contributed by atoms with E-state index in [2.05, 4.69) is 25.1 Å². The first-order chi connectivity index (χ1) is 9.68. The average Bonchev–Trinajstić information content (AvgIpc) is 2.27. The minimum absolute atomic E-state index is 0.0997. The van der Waals surface area contributed by atoms with Crippen LogP contribution in [0, 0.1) is 0 Å². The second-order valence-corrected chi connectivity index (χ2v) is 12.2. The molecule has 0 saturated carbocycles. The van der Waals surface area contributed by atoms with Crippen molar-refractivity contribution in [3.63, 3.8) is 0 Å². The van der Waals surface area contributed by atoms with Gasteiger partial charge in [-0.3, -0.25) is 4.41 Å². The van der Waals surface area contributed by atoms with E-state index in [1.54, 1.807) is 19.6 Å². The topological polar surface area (TPSA) is 42.9 Å². The van der Waals surface area contributed by atoms with Crippen LogP contribution >= 0.6 is 7.66 Å². The summed E-state index contributed by atoms with van der Waals surface area (Å²) in [4.78, 5) is 0. The van der Waals surface area contributed by atoms with Gasteiger partial charge in [-0.05, 0) is 19.6 Å². The van der Waals surface area contributed by atoms with E-state index in [1.807, 2.05) is 0 Å². The van der Waals surface area contributed by atoms with Gasteiger partial charge in [-0.15, -0.1) is 6.58 Å². The van der Waals surface area contributed by atoms with Crippen molar-refractivity contribution in [1.82, 2.24) is 5.09 Å². The Morgan fingerprint density at radius 1 is 1.05 bits per heavy atom. The largest absolute Gasteiger partial charge is 0.412 e. The molecule has 0 aromatic rings. The molecule has 0 heterocycles. The molecule has 0 rings (SSSR count). The minimum atomic E-state index is -4.71. The molecule has 0 aromatic carbocycles. The molecule has 1 N–H and O–H groups in total. The van der Waals surface area contributed by atoms with Crippen molar-refractivity contribution in [2.24, 2.45) is 4.41 Å². The number of halogens is 6. The number of hydrogen-bond donors (Lipinski definition) is 1. The van der Waals surface area contributed by atoms with Gasteiger partial charge >= 0.3 is 12.4 Å². The average molecular weight is 372 g/mol. The number of hydrogen-bond acceptors (Lipinski definition) is 3. The molecule has 0 unspecified atom stereocenters. The molecule has 0 bridgehead atoms. The van der Waals surface area contributed by atoms with E-state index < -0.39 is 41.5 Å². The van der Waals surface area contributed by atoms with Crippen LogP contribution in [0.15, 0.2) is 17.1 Å². The van der Waals surface area contributed by atoms with Gasteiger partial charge in [-0.25, -0.2) is 5.09 Å². The van der Waals surface area contributed by atoms with Crippen LogP contribution in [0.5, 0.6) is 0 Å². The van der Waals surface area contributed by atoms with Crippen LogP contribution in [0.1, 0.15) is 0 Å². The Balaban J connectivity index is 5.51. The summed E-state index contributed by atoms with van der Waals surface area (Å²) in [6, 6.07) is 0. The summed E-state index contributed by atoms with van der Waals surface area (Å²) in [5, 5.41) is 2.40. The lowest BCUT2D eigenvalue weighted by molar-refractivity contribution is -0.163. The van der Waals surface area contributed by atoms with Crippen molar-refractivity contribution in [2.75, 3.05) is 19.8 Å². The Morgan fingerprint density at radius 3 is 1.73 bits per heavy atom. The number of alkyl halides is 6. The predicted octanol–water partition coefficient (Wildman–Crippen LogP) is 4.70. The second-order valence-electron chi connectivity index (χ2n) is 5.22. The van der Waals surface area contributed by atoms with Crippen molar-refractivity contribution in [2.45, 2.75) is 32.0 Å². The second kappa shape index (κ2) is 7.96. The zero-order chi connectivity index (χ0) is 17.7. The first-order valence-electron chi connectivity index (χ1n) is 6.10. The Hall–Kier alpha value is -0.353. The fraction of sp³-hybridized carbons (Fsp3) is 0.800. The summed E-state index contributed by atoms with van der Waals surface area (Å²) in [6.07, 6.45) is -8.16. The summed E-state index contributed by atoms with van der Waals surface area (Å²) in [5.41, 5.74) is 0. The zero-order valence-corrected chi connectivity index (χ0v) is 14.3. The zero-order valence-electron chi connectivity index (χ0n) is 12.4. The van der Waals surface area contributed by atoms with Crippen LogP contribution in [-0.4, -0.2) is 40.3 Å². The van der Waals surface area contributed by atoms with Crippen LogP contribution in [0.4, 0.5) is 26.3 Å². The molecule has 0 aliphatic carbocycles. The maximum Gasteiger partial charge on any atom is 0.412 e. The molecule has 0 aliphatic rings. The highest BCUT2D eigenvalue weighted by Gasteiger charge is 2.38. The SMILES string of the molecule is C=CCNP(=N[Si](C)(C)C)(OCC(F)(F)F)OCC(F)(F)F. The molecule has 12 heteroatoms. The van der Waals surface area contributed by atoms with E-state index in [-0.39, 0.29) is 6.54 Å². The molecular formula is C10H19F6N2O2PSi. The lowest BCUT2D eigenvalue weighted by Crippen LogP contribution is -2.28. The van der Waals surface area contributed by atoms with E-state index in [4.69, 9.17) is 0 Å². The fourth-order valence-electron chi connectivity index (χ4n) is 1.12. The monoisotopic (exact) mass is 372 g/mol. The molecule has 0 aromatic heterocycles. The standard InChI is InChI=1S/C10H19F6N2O2PSi/c1-5-6-17-21(18-22(2,3)4,19-7-9(11,12)13)20-8-10(14,15)16/h5,17H,1,6-8H2,2-4H3. The summed E-state index contributed by atoms with van der Waals surface area (Å²) in [5.74, 6) is 0. The van der Waals surface area contributed by atoms with Gasteiger partial charge in [0.1, 0.15) is 0 Å². The molecule has 22 heavy (non-hydrogen) atoms. The molecule has 0 atom stereocenters. The third-order valence-corrected chi connectivity index (χ3v) is 6.67. The third kappa shape index (κ3) is 11.2. The van der Waals surface area contributed by atoms with Crippen molar-refractivity contribution in [3.8, 4) is 0 Å². The molecule has 4 nitrogen and oxygen atoms in total. The predicted molar refractivity (Wildman–Crippen MR) is 74.9 cm³/mol. The lowest BCUT2D eigenvalue weighted by atomic mass is 10.7. The van der Waals surface area contributed by atoms with E-state index in [0.29, 0.717) is 0 Å². The molecule has 0 saturated heterocycles. The number of rotatable bonds is 8. The van der Waals surface area contributed by atoms with Crippen molar-refractivity contribution >= 4 is 15.9 Å². The van der Waals surface area contributed by atoms with Crippen molar-refractivity contribution in [1.29, 1.82) is 0 Å². The summed E-state index contributed by atoms with van der Waals surface area (Å²) < 4.78 is 87.4. The summed E-state index contributed by atoms with van der Waals surface area (Å²) in [7, 11) is -6.34. The lowest BCUT2D eigenvalue weighted by Gasteiger charge is -2.29. The van der Waals surface area contributed by atoms with Gasteiger partial charge in [-0.1, -0.05) is 6.08 Å². The van der Waals surface area contributed by atoms with Crippen LogP contribution in [0.3, 0.4) is 0 Å². The molecule has 0 radical (unpaired) electrons. The molecule has 0 aliphatic heterocycles. The van der Waals surface area contributed by atoms with Gasteiger partial charge in [0.2, 0.25) is 0 Å². The van der Waals surface area contributed by atoms with Gasteiger partial charge < -0.3 is 9.05 Å². The van der Waals surface area contributed by atoms with Crippen LogP contribution in [0.25, 0.3) is 0 Å². The smallest absolute Gasteiger partial charge is 0.303 e. The van der Waals surface area contributed by atoms with E-state index in [9.17, 15) is 26.3 Å². The first kappa shape index (κ1) is 21.6. The molecular weight excluding hydrogens is 353 g/mol. The molecule has 132 valence electrons. The van der Waals surface area contributed by atoms with Crippen LogP contribution in [-0.2, 0) is 9.05 Å². The Kier molecular flexibility index (Phi) is 7.83. The summed E-state index contributed by atoms with van der Waals surface area (Å²) in [6.45, 7) is 4.67. The van der Waals surface area contributed by atoms with Crippen LogP contribution in [0.2, 0.25) is 19.6 Å². The van der Waals surface area contributed by atoms with Gasteiger partial charge in [0, 0.05) is 6.54 Å². The van der Waals surface area contributed by atoms with E-state index >= 15 is 0 Å². The highest BCUT2D eigenvalue weighted by Crippen LogP contribution is 2.51. The fourth-order valence-corrected chi connectivity index (χ4v) is 6.28. The van der Waals surface area contributed by atoms with E-state index in [1.165, 1.54) is 6.08 Å². The van der Waals surface area contributed by atoms with Crippen LogP contribution < -0.4 is 5.09 Å². The van der Waals surface area contributed by atoms with E-state index in [0.717, 1.165) is 0 Å².